The van der Waals surface area contributed by atoms with Gasteiger partial charge in [0.15, 0.2) is 0 Å². The first-order chi connectivity index (χ1) is 2.41. The van der Waals surface area contributed by atoms with Crippen molar-refractivity contribution >= 4 is 14.2 Å². The van der Waals surface area contributed by atoms with E-state index >= 15 is 0 Å². The maximum absolute atomic E-state index is 3.69. The molecule has 0 aliphatic rings. The van der Waals surface area contributed by atoms with Crippen LogP contribution in [0.15, 0.2) is 12.7 Å². The van der Waals surface area contributed by atoms with Gasteiger partial charge < -0.3 is 0 Å². The number of halogens is 1. The molecule has 0 aliphatic heterocycles. The molecule has 0 spiro atoms. The van der Waals surface area contributed by atoms with E-state index in [-0.39, 0.29) is 0 Å². The zero-order valence-corrected chi connectivity index (χ0v) is 5.26. The summed E-state index contributed by atoms with van der Waals surface area (Å²) in [5.41, 5.74) is 0. The predicted octanol–water partition coefficient (Wildman–Crippen LogP) is 1.85. The van der Waals surface area contributed by atoms with Crippen LogP contribution in [0.2, 0.25) is 0 Å². The van der Waals surface area contributed by atoms with E-state index in [0.29, 0.717) is 0 Å². The van der Waals surface area contributed by atoms with Crippen molar-refractivity contribution in [1.29, 1.82) is 0 Å². The molecule has 0 N–H and O–H groups in total. The SMILES string of the molecule is C=C[CH2-].[Ni][Br]. The Bertz CT molecular complexity index is 14.4. The normalized spacial score (nSPS) is 3.80. The molecule has 0 fully saturated rings. The van der Waals surface area contributed by atoms with Gasteiger partial charge in [-0.1, -0.05) is 0 Å². The molecular weight excluding hydrogens is 175 g/mol. The van der Waals surface area contributed by atoms with Crippen LogP contribution in [0.4, 0.5) is 0 Å². The summed E-state index contributed by atoms with van der Waals surface area (Å²) in [6.45, 7) is 6.50. The van der Waals surface area contributed by atoms with Gasteiger partial charge in [0, 0.05) is 0 Å². The van der Waals surface area contributed by atoms with Crippen molar-refractivity contribution in [2.75, 3.05) is 0 Å². The first-order valence-electron chi connectivity index (χ1n) is 0.936. The van der Waals surface area contributed by atoms with Crippen LogP contribution in [-0.2, 0) is 13.7 Å². The van der Waals surface area contributed by atoms with Crippen LogP contribution in [0.1, 0.15) is 0 Å². The Labute approximate surface area is 47.8 Å². The minimum atomic E-state index is 1.50. The van der Waals surface area contributed by atoms with E-state index in [1.54, 1.807) is 0 Å². The molecule has 0 aromatic heterocycles. The van der Waals surface area contributed by atoms with Gasteiger partial charge >= 0.3 is 27.9 Å². The van der Waals surface area contributed by atoms with Gasteiger partial charge in [-0.05, 0) is 0 Å². The van der Waals surface area contributed by atoms with Crippen LogP contribution >= 0.6 is 14.2 Å². The Morgan fingerprint density at radius 1 is 1.80 bits per heavy atom. The summed E-state index contributed by atoms with van der Waals surface area (Å²) in [5, 5.41) is 0. The quantitative estimate of drug-likeness (QED) is 0.393. The predicted molar refractivity (Wildman–Crippen MR) is 24.5 cm³/mol. The molecule has 0 atom stereocenters. The van der Waals surface area contributed by atoms with Crippen LogP contribution < -0.4 is 0 Å². The van der Waals surface area contributed by atoms with Crippen LogP contribution in [0, 0.1) is 6.92 Å². The van der Waals surface area contributed by atoms with Crippen molar-refractivity contribution in [3.8, 4) is 0 Å². The van der Waals surface area contributed by atoms with Gasteiger partial charge in [-0.3, -0.25) is 0 Å². The summed E-state index contributed by atoms with van der Waals surface area (Å²) in [6, 6.07) is 0. The Morgan fingerprint density at radius 2 is 1.80 bits per heavy atom. The molecule has 0 unspecified atom stereocenters. The molecule has 0 aliphatic carbocycles. The zero-order chi connectivity index (χ0) is 4.71. The molecule has 0 heterocycles. The maximum atomic E-state index is 3.69. The van der Waals surface area contributed by atoms with Gasteiger partial charge in [-0.2, -0.15) is 0 Å². The molecule has 0 saturated heterocycles. The number of allylic oxidation sites excluding steroid dienone is 1. The third-order valence-electron chi connectivity index (χ3n) is 0. The fraction of sp³-hybridized carbons (Fsp3) is 0. The van der Waals surface area contributed by atoms with Crippen molar-refractivity contribution in [1.82, 2.24) is 0 Å². The van der Waals surface area contributed by atoms with Crippen molar-refractivity contribution in [3.63, 3.8) is 0 Å². The summed E-state index contributed by atoms with van der Waals surface area (Å²) in [6.07, 6.45) is 1.50. The van der Waals surface area contributed by atoms with E-state index in [0.717, 1.165) is 0 Å². The van der Waals surface area contributed by atoms with E-state index in [1.807, 2.05) is 0 Å². The van der Waals surface area contributed by atoms with Gasteiger partial charge in [-0.25, -0.2) is 19.6 Å². The molecule has 5 heavy (non-hydrogen) atoms. The summed E-state index contributed by atoms with van der Waals surface area (Å²) in [4.78, 5) is 0. The van der Waals surface area contributed by atoms with Crippen LogP contribution in [0.5, 0.6) is 0 Å². The summed E-state index contributed by atoms with van der Waals surface area (Å²) in [7, 11) is 0. The summed E-state index contributed by atoms with van der Waals surface area (Å²) < 4.78 is 0. The van der Waals surface area contributed by atoms with Crippen LogP contribution in [0.25, 0.3) is 0 Å². The molecule has 0 saturated carbocycles. The molecular formula is C3H5BrNi-. The topological polar surface area (TPSA) is 0 Å². The second-order valence-electron chi connectivity index (χ2n) is 0.289. The molecule has 2 heteroatoms. The number of hydrogen-bond donors (Lipinski definition) is 0. The third-order valence-corrected chi connectivity index (χ3v) is 0. The molecule has 35 valence electrons. The first-order valence-corrected chi connectivity index (χ1v) is 3.38. The summed E-state index contributed by atoms with van der Waals surface area (Å²) in [5.74, 6) is 0. The van der Waals surface area contributed by atoms with Crippen molar-refractivity contribution in [3.05, 3.63) is 19.6 Å². The molecule has 0 nitrogen and oxygen atoms in total. The van der Waals surface area contributed by atoms with E-state index in [2.05, 4.69) is 41.4 Å². The zero-order valence-electron chi connectivity index (χ0n) is 2.69. The molecule has 0 rings (SSSR count). The summed E-state index contributed by atoms with van der Waals surface area (Å²) >= 11 is 6.25. The van der Waals surface area contributed by atoms with E-state index in [4.69, 9.17) is 0 Å². The van der Waals surface area contributed by atoms with Crippen molar-refractivity contribution < 1.29 is 13.7 Å². The Hall–Kier alpha value is 0.584. The fourth-order valence-electron chi connectivity index (χ4n) is 0. The molecule has 0 amide bonds. The van der Waals surface area contributed by atoms with Gasteiger partial charge in [0.1, 0.15) is 0 Å². The Balaban J connectivity index is 0. The Kier molecular flexibility index (Phi) is 42.9. The molecule has 0 radical (unpaired) electrons. The van der Waals surface area contributed by atoms with Gasteiger partial charge in [0.25, 0.3) is 0 Å². The van der Waals surface area contributed by atoms with Gasteiger partial charge in [0.2, 0.25) is 0 Å². The molecule has 0 bridgehead atoms. The standard InChI is InChI=1S/C3H5.BrH.Ni/c1-3-2;;/h3H,1-2H2;1H;/q-1;;+1/p-1. The monoisotopic (exact) mass is 178 g/mol. The van der Waals surface area contributed by atoms with E-state index < -0.39 is 0 Å². The fourth-order valence-corrected chi connectivity index (χ4v) is 0. The van der Waals surface area contributed by atoms with E-state index in [9.17, 15) is 0 Å². The van der Waals surface area contributed by atoms with E-state index in [1.165, 1.54) is 6.08 Å². The average Bonchev–Trinajstić information content (AvgIpc) is 1.46. The number of rotatable bonds is 0. The minimum absolute atomic E-state index is 1.50. The second kappa shape index (κ2) is 23.5. The molecule has 0 aromatic rings. The van der Waals surface area contributed by atoms with Crippen molar-refractivity contribution in [2.45, 2.75) is 0 Å². The van der Waals surface area contributed by atoms with Crippen LogP contribution in [-0.4, -0.2) is 0 Å². The van der Waals surface area contributed by atoms with Crippen LogP contribution in [0.3, 0.4) is 0 Å². The number of hydrogen-bond acceptors (Lipinski definition) is 0. The Morgan fingerprint density at radius 3 is 1.80 bits per heavy atom. The van der Waals surface area contributed by atoms with Gasteiger partial charge in [0.05, 0.1) is 0 Å². The van der Waals surface area contributed by atoms with Crippen molar-refractivity contribution in [2.24, 2.45) is 0 Å². The third kappa shape index (κ3) is 89.9. The average molecular weight is 180 g/mol. The first kappa shape index (κ1) is 9.13. The second-order valence-corrected chi connectivity index (χ2v) is 0.289. The van der Waals surface area contributed by atoms with Gasteiger partial charge in [-0.15, -0.1) is 0 Å². The molecule has 0 aromatic carbocycles.